The fourth-order valence-electron chi connectivity index (χ4n) is 3.84. The minimum atomic E-state index is -0.708. The van der Waals surface area contributed by atoms with Crippen LogP contribution in [0.15, 0.2) is 24.3 Å². The summed E-state index contributed by atoms with van der Waals surface area (Å²) < 4.78 is 0. The van der Waals surface area contributed by atoms with Crippen LogP contribution in [0.4, 0.5) is 0 Å². The Morgan fingerprint density at radius 3 is 2.79 bits per heavy atom. The predicted molar refractivity (Wildman–Crippen MR) is 96.5 cm³/mol. The molecule has 2 fully saturated rings. The molecule has 1 aliphatic carbocycles. The van der Waals surface area contributed by atoms with Crippen molar-refractivity contribution in [2.45, 2.75) is 83.3 Å². The predicted octanol–water partition coefficient (Wildman–Crippen LogP) is 4.62. The number of unbranched alkanes of at least 4 members (excludes halogenated alkanes) is 5. The van der Waals surface area contributed by atoms with Gasteiger partial charge in [-0.15, -0.1) is 0 Å². The van der Waals surface area contributed by atoms with Gasteiger partial charge in [-0.3, -0.25) is 9.63 Å². The minimum absolute atomic E-state index is 0.259. The van der Waals surface area contributed by atoms with Crippen LogP contribution >= 0.6 is 0 Å². The van der Waals surface area contributed by atoms with E-state index in [-0.39, 0.29) is 6.42 Å². The third-order valence-electron chi connectivity index (χ3n) is 5.21. The van der Waals surface area contributed by atoms with E-state index in [1.165, 1.54) is 32.1 Å². The Morgan fingerprint density at radius 1 is 1.17 bits per heavy atom. The number of carboxylic acid groups (broad SMARTS) is 1. The molecule has 0 spiro atoms. The first-order valence-electron chi connectivity index (χ1n) is 9.67. The fourth-order valence-corrected chi connectivity index (χ4v) is 3.84. The summed E-state index contributed by atoms with van der Waals surface area (Å²) >= 11 is 0. The van der Waals surface area contributed by atoms with Gasteiger partial charge in [0.1, 0.15) is 0 Å². The van der Waals surface area contributed by atoms with Gasteiger partial charge in [0.05, 0.1) is 6.10 Å². The molecule has 0 aromatic rings. The lowest BCUT2D eigenvalue weighted by atomic mass is 9.88. The summed E-state index contributed by atoms with van der Waals surface area (Å²) in [5.41, 5.74) is 3.18. The molecule has 1 saturated carbocycles. The maximum atomic E-state index is 10.5. The maximum Gasteiger partial charge on any atom is 0.303 e. The van der Waals surface area contributed by atoms with Crippen LogP contribution in [0.5, 0.6) is 0 Å². The molecule has 4 heteroatoms. The lowest BCUT2D eigenvalue weighted by Crippen LogP contribution is -2.37. The molecule has 1 aliphatic heterocycles. The van der Waals surface area contributed by atoms with E-state index in [2.05, 4.69) is 36.7 Å². The van der Waals surface area contributed by atoms with Crippen LogP contribution in [0, 0.1) is 11.8 Å². The third-order valence-corrected chi connectivity index (χ3v) is 5.21. The molecular formula is C20H33NO3. The van der Waals surface area contributed by atoms with Crippen molar-refractivity contribution in [2.75, 3.05) is 0 Å². The highest BCUT2D eigenvalue weighted by Crippen LogP contribution is 2.41. The monoisotopic (exact) mass is 335 g/mol. The highest BCUT2D eigenvalue weighted by Gasteiger charge is 2.47. The van der Waals surface area contributed by atoms with E-state index in [0.717, 1.165) is 25.7 Å². The molecule has 2 aliphatic rings. The van der Waals surface area contributed by atoms with E-state index in [1.54, 1.807) is 0 Å². The molecule has 2 N–H and O–H groups in total. The van der Waals surface area contributed by atoms with Crippen molar-refractivity contribution < 1.29 is 14.7 Å². The molecule has 4 atom stereocenters. The van der Waals surface area contributed by atoms with Crippen LogP contribution in [-0.2, 0) is 9.63 Å². The Balaban J connectivity index is 1.72. The summed E-state index contributed by atoms with van der Waals surface area (Å²) in [5.74, 6) is 0.414. The van der Waals surface area contributed by atoms with Crippen LogP contribution in [-0.4, -0.2) is 23.2 Å². The summed E-state index contributed by atoms with van der Waals surface area (Å²) in [5, 5.41) is 8.64. The largest absolute Gasteiger partial charge is 0.481 e. The molecule has 0 unspecified atom stereocenters. The van der Waals surface area contributed by atoms with Crippen molar-refractivity contribution in [1.82, 2.24) is 5.48 Å². The summed E-state index contributed by atoms with van der Waals surface area (Å²) in [6.45, 7) is 2.25. The zero-order valence-electron chi connectivity index (χ0n) is 15.0. The van der Waals surface area contributed by atoms with Crippen LogP contribution in [0.1, 0.15) is 71.1 Å². The average Bonchev–Trinajstić information content (AvgIpc) is 3.15. The second-order valence-corrected chi connectivity index (χ2v) is 7.13. The number of allylic oxidation sites excluding steroid dienone is 3. The molecule has 0 aromatic heterocycles. The van der Waals surface area contributed by atoms with E-state index < -0.39 is 5.97 Å². The topological polar surface area (TPSA) is 58.6 Å². The van der Waals surface area contributed by atoms with Crippen LogP contribution in [0.25, 0.3) is 0 Å². The third kappa shape index (κ3) is 6.06. The molecular weight excluding hydrogens is 302 g/mol. The Morgan fingerprint density at radius 2 is 2.00 bits per heavy atom. The second kappa shape index (κ2) is 10.7. The molecule has 0 radical (unpaired) electrons. The number of carboxylic acids is 1. The van der Waals surface area contributed by atoms with E-state index in [9.17, 15) is 4.79 Å². The minimum Gasteiger partial charge on any atom is -0.481 e. The van der Waals surface area contributed by atoms with E-state index in [0.29, 0.717) is 24.0 Å². The molecule has 0 aromatic carbocycles. The van der Waals surface area contributed by atoms with Crippen molar-refractivity contribution in [3.05, 3.63) is 24.3 Å². The van der Waals surface area contributed by atoms with Gasteiger partial charge < -0.3 is 5.11 Å². The Bertz CT molecular complexity index is 433. The molecule has 136 valence electrons. The normalized spacial score (nSPS) is 29.2. The fraction of sp³-hybridized carbons (Fsp3) is 0.750. The Hall–Kier alpha value is -1.13. The van der Waals surface area contributed by atoms with E-state index in [1.807, 2.05) is 0 Å². The van der Waals surface area contributed by atoms with Crippen molar-refractivity contribution >= 4 is 5.97 Å². The van der Waals surface area contributed by atoms with Gasteiger partial charge in [0.15, 0.2) is 0 Å². The highest BCUT2D eigenvalue weighted by atomic mass is 16.7. The number of nitrogens with one attached hydrogen (secondary N) is 1. The van der Waals surface area contributed by atoms with Crippen LogP contribution in [0.3, 0.4) is 0 Å². The quantitative estimate of drug-likeness (QED) is 0.403. The van der Waals surface area contributed by atoms with Crippen molar-refractivity contribution in [1.29, 1.82) is 0 Å². The van der Waals surface area contributed by atoms with Gasteiger partial charge in [0, 0.05) is 18.4 Å². The van der Waals surface area contributed by atoms with Gasteiger partial charge in [0.2, 0.25) is 0 Å². The van der Waals surface area contributed by atoms with Crippen LogP contribution < -0.4 is 5.48 Å². The molecule has 24 heavy (non-hydrogen) atoms. The number of hydrogen-bond donors (Lipinski definition) is 2. The van der Waals surface area contributed by atoms with Crippen molar-refractivity contribution in [3.8, 4) is 0 Å². The van der Waals surface area contributed by atoms with Gasteiger partial charge in [0.25, 0.3) is 0 Å². The first kappa shape index (κ1) is 19.2. The number of carbonyl (C=O) groups is 1. The molecule has 2 bridgehead atoms. The smallest absolute Gasteiger partial charge is 0.303 e. The number of hydrogen-bond acceptors (Lipinski definition) is 3. The van der Waals surface area contributed by atoms with E-state index in [4.69, 9.17) is 9.94 Å². The molecule has 0 amide bonds. The summed E-state index contributed by atoms with van der Waals surface area (Å²) in [4.78, 5) is 16.2. The van der Waals surface area contributed by atoms with Crippen LogP contribution in [0.2, 0.25) is 0 Å². The summed E-state index contributed by atoms with van der Waals surface area (Å²) in [7, 11) is 0. The number of rotatable bonds is 12. The van der Waals surface area contributed by atoms with E-state index >= 15 is 0 Å². The standard InChI is InChI=1S/C20H33NO3/c1-2-3-4-5-6-9-12-16-17(19-15-18(16)21-24-19)13-10-7-8-11-14-20(22)23/h7,9-10,12,16-19,21H,2-6,8,11,13-15H2,1H3,(H,22,23)/b10-7-,12-9+/t16-,17-,18+,19-/m1/s1. The van der Waals surface area contributed by atoms with Crippen molar-refractivity contribution in [2.24, 2.45) is 11.8 Å². The van der Waals surface area contributed by atoms with Crippen molar-refractivity contribution in [3.63, 3.8) is 0 Å². The molecule has 1 heterocycles. The summed E-state index contributed by atoms with van der Waals surface area (Å²) in [6.07, 6.45) is 19.9. The van der Waals surface area contributed by atoms with Gasteiger partial charge in [-0.1, -0.05) is 50.5 Å². The molecule has 2 rings (SSSR count). The summed E-state index contributed by atoms with van der Waals surface area (Å²) in [6, 6.07) is 0.465. The number of fused-ring (bicyclic) bond motifs is 2. The second-order valence-electron chi connectivity index (χ2n) is 7.13. The number of hydroxylamine groups is 1. The zero-order chi connectivity index (χ0) is 17.2. The number of aliphatic carboxylic acids is 1. The molecule has 1 saturated heterocycles. The van der Waals surface area contributed by atoms with Gasteiger partial charge in [-0.05, 0) is 44.4 Å². The Kier molecular flexibility index (Phi) is 8.54. The lowest BCUT2D eigenvalue weighted by Gasteiger charge is -2.28. The van der Waals surface area contributed by atoms with Gasteiger partial charge >= 0.3 is 5.97 Å². The highest BCUT2D eigenvalue weighted by molar-refractivity contribution is 5.66. The first-order valence-corrected chi connectivity index (χ1v) is 9.67. The first-order chi connectivity index (χ1) is 11.7. The zero-order valence-corrected chi connectivity index (χ0v) is 15.0. The molecule has 4 nitrogen and oxygen atoms in total. The SMILES string of the molecule is CCCCCC/C=C/[C@@H]1[C@@H](C/C=C\CCCC(=O)O)[C@H]2C[C@@H]1NO2. The van der Waals surface area contributed by atoms with Gasteiger partial charge in [-0.2, -0.15) is 5.48 Å². The lowest BCUT2D eigenvalue weighted by molar-refractivity contribution is -0.137. The average molecular weight is 335 g/mol. The maximum absolute atomic E-state index is 10.5. The van der Waals surface area contributed by atoms with Gasteiger partial charge in [-0.25, -0.2) is 0 Å². The Labute approximate surface area is 146 Å².